The van der Waals surface area contributed by atoms with E-state index in [0.717, 1.165) is 39.7 Å². The number of rotatable bonds is 8. The van der Waals surface area contributed by atoms with Crippen molar-refractivity contribution in [1.82, 2.24) is 34.9 Å². The van der Waals surface area contributed by atoms with Gasteiger partial charge in [-0.05, 0) is 71.3 Å². The minimum atomic E-state index is -4.60. The normalized spacial score (nSPS) is 16.2. The average Bonchev–Trinajstić information content (AvgIpc) is 4.05. The van der Waals surface area contributed by atoms with Crippen LogP contribution in [0.5, 0.6) is 0 Å². The molecule has 2 unspecified atom stereocenters. The van der Waals surface area contributed by atoms with E-state index in [1.165, 1.54) is 6.07 Å². The highest BCUT2D eigenvalue weighted by Crippen LogP contribution is 2.50. The summed E-state index contributed by atoms with van der Waals surface area (Å²) in [5, 5.41) is 24.6. The van der Waals surface area contributed by atoms with Crippen LogP contribution in [0.1, 0.15) is 39.9 Å². The Morgan fingerprint density at radius 3 is 2.24 bits per heavy atom. The Morgan fingerprint density at radius 2 is 1.57 bits per heavy atom. The van der Waals surface area contributed by atoms with Gasteiger partial charge in [0, 0.05) is 66.3 Å². The highest BCUT2D eigenvalue weighted by Gasteiger charge is 2.45. The molecule has 0 radical (unpaired) electrons. The van der Waals surface area contributed by atoms with Crippen LogP contribution in [0.3, 0.4) is 0 Å². The number of nitriles is 1. The number of amides is 4. The number of fused-ring (bicyclic) bond motifs is 6. The maximum absolute atomic E-state index is 14.5. The molecule has 2 atom stereocenters. The molecule has 9 rings (SSSR count). The van der Waals surface area contributed by atoms with E-state index < -0.39 is 29.8 Å². The number of aryl methyl sites for hydroxylation is 1. The number of alkyl halides is 3. The van der Waals surface area contributed by atoms with Gasteiger partial charge in [-0.1, -0.05) is 30.3 Å². The molecule has 0 bridgehead atoms. The third kappa shape index (κ3) is 6.61. The number of aromatic nitrogens is 4. The van der Waals surface area contributed by atoms with Gasteiger partial charge in [0.1, 0.15) is 0 Å². The standard InChI is InChI=1S/C42H34F3N11O2/c1-53-21-27(17-50-53)26-7-11-29(12-8-26)52-41(58)49-20-37-39-32(3-2-4-34(39)42(43,44)45)38-22-54(24-56(37)38)30-13-14-31-33(15-30)36(55-23-47-18-35(31)55)19-48-40(57)51-28-9-5-25(16-46)6-10-28/h2-15,17-18,21-23,36-37H,19-20,24H2,1H3,(H2,48,51,57)(H2,49,52,58). The van der Waals surface area contributed by atoms with Crippen molar-refractivity contribution >= 4 is 34.8 Å². The molecule has 3 aliphatic heterocycles. The molecule has 4 aromatic carbocycles. The number of nitrogens with one attached hydrogen (secondary N) is 4. The first-order valence-electron chi connectivity index (χ1n) is 18.3. The molecule has 4 N–H and O–H groups in total. The molecule has 16 heteroatoms. The molecule has 290 valence electrons. The molecule has 0 fully saturated rings. The molecule has 5 heterocycles. The summed E-state index contributed by atoms with van der Waals surface area (Å²) in [5.74, 6) is 0. The van der Waals surface area contributed by atoms with Gasteiger partial charge >= 0.3 is 18.2 Å². The molecule has 13 nitrogen and oxygen atoms in total. The highest BCUT2D eigenvalue weighted by molar-refractivity contribution is 5.90. The third-order valence-electron chi connectivity index (χ3n) is 10.7. The summed E-state index contributed by atoms with van der Waals surface area (Å²) in [6.45, 7) is 0.386. The monoisotopic (exact) mass is 781 g/mol. The predicted molar refractivity (Wildman–Crippen MR) is 211 cm³/mol. The van der Waals surface area contributed by atoms with Gasteiger partial charge in [0.25, 0.3) is 0 Å². The van der Waals surface area contributed by atoms with E-state index >= 15 is 0 Å². The van der Waals surface area contributed by atoms with E-state index in [1.54, 1.807) is 65.9 Å². The van der Waals surface area contributed by atoms with Crippen LogP contribution in [0.25, 0.3) is 28.1 Å². The highest BCUT2D eigenvalue weighted by atomic mass is 19.4. The first-order chi connectivity index (χ1) is 28.0. The van der Waals surface area contributed by atoms with Crippen molar-refractivity contribution < 1.29 is 22.8 Å². The molecule has 0 saturated carbocycles. The lowest BCUT2D eigenvalue weighted by atomic mass is 9.96. The van der Waals surface area contributed by atoms with Crippen molar-refractivity contribution in [2.24, 2.45) is 7.05 Å². The van der Waals surface area contributed by atoms with E-state index in [9.17, 15) is 22.8 Å². The molecule has 58 heavy (non-hydrogen) atoms. The van der Waals surface area contributed by atoms with E-state index in [-0.39, 0.29) is 31.4 Å². The van der Waals surface area contributed by atoms with Gasteiger partial charge in [-0.2, -0.15) is 23.5 Å². The number of hydrogen-bond acceptors (Lipinski definition) is 7. The second-order valence-electron chi connectivity index (χ2n) is 14.2. The van der Waals surface area contributed by atoms with Gasteiger partial charge in [0.2, 0.25) is 0 Å². The van der Waals surface area contributed by atoms with Crippen LogP contribution in [-0.4, -0.2) is 56.1 Å². The number of anilines is 3. The summed E-state index contributed by atoms with van der Waals surface area (Å²) in [4.78, 5) is 34.3. The maximum Gasteiger partial charge on any atom is 0.416 e. The van der Waals surface area contributed by atoms with Crippen LogP contribution in [0.4, 0.5) is 39.8 Å². The van der Waals surface area contributed by atoms with Crippen LogP contribution < -0.4 is 26.2 Å². The molecular weight excluding hydrogens is 748 g/mol. The van der Waals surface area contributed by atoms with Crippen molar-refractivity contribution in [1.29, 1.82) is 5.26 Å². The lowest BCUT2D eigenvalue weighted by molar-refractivity contribution is -0.138. The first-order valence-corrected chi connectivity index (χ1v) is 18.3. The smallest absolute Gasteiger partial charge is 0.343 e. The Balaban J connectivity index is 0.934. The number of carbonyl (C=O) groups is 2. The van der Waals surface area contributed by atoms with Crippen molar-refractivity contribution in [2.75, 3.05) is 35.3 Å². The van der Waals surface area contributed by atoms with Gasteiger partial charge < -0.3 is 35.6 Å². The van der Waals surface area contributed by atoms with E-state index in [1.807, 2.05) is 64.1 Å². The Kier molecular flexibility index (Phi) is 8.84. The van der Waals surface area contributed by atoms with Gasteiger partial charge in [-0.3, -0.25) is 4.68 Å². The summed E-state index contributed by atoms with van der Waals surface area (Å²) in [5.41, 5.74) is 7.44. The van der Waals surface area contributed by atoms with Gasteiger partial charge in [-0.25, -0.2) is 14.6 Å². The number of imidazole rings is 1. The lowest BCUT2D eigenvalue weighted by Gasteiger charge is -2.29. The Hall–Kier alpha value is -7.54. The topological polar surface area (TPSA) is 148 Å². The molecule has 2 aromatic heterocycles. The molecule has 6 aromatic rings. The summed E-state index contributed by atoms with van der Waals surface area (Å²) < 4.78 is 47.1. The fourth-order valence-corrected chi connectivity index (χ4v) is 7.94. The zero-order valence-corrected chi connectivity index (χ0v) is 30.8. The molecular formula is C42H34F3N11O2. The molecule has 0 aliphatic carbocycles. The first kappa shape index (κ1) is 36.1. The summed E-state index contributed by atoms with van der Waals surface area (Å²) in [7, 11) is 1.83. The lowest BCUT2D eigenvalue weighted by Crippen LogP contribution is -2.38. The fourth-order valence-electron chi connectivity index (χ4n) is 7.94. The van der Waals surface area contributed by atoms with Crippen LogP contribution in [0, 0.1) is 11.3 Å². The zero-order chi connectivity index (χ0) is 40.1. The number of urea groups is 2. The molecule has 4 amide bonds. The van der Waals surface area contributed by atoms with Crippen molar-refractivity contribution in [3.8, 4) is 28.5 Å². The minimum Gasteiger partial charge on any atom is -0.343 e. The number of halogens is 3. The van der Waals surface area contributed by atoms with Crippen LogP contribution in [0.15, 0.2) is 116 Å². The summed E-state index contributed by atoms with van der Waals surface area (Å²) >= 11 is 0. The third-order valence-corrected chi connectivity index (χ3v) is 10.7. The van der Waals surface area contributed by atoms with Crippen molar-refractivity contribution in [2.45, 2.75) is 18.3 Å². The quantitative estimate of drug-likeness (QED) is 0.125. The molecule has 3 aliphatic rings. The van der Waals surface area contributed by atoms with Crippen LogP contribution >= 0.6 is 0 Å². The Bertz CT molecular complexity index is 2640. The van der Waals surface area contributed by atoms with Gasteiger partial charge in [0.05, 0.1) is 66.1 Å². The minimum absolute atomic E-state index is 0.0875. The van der Waals surface area contributed by atoms with Crippen molar-refractivity contribution in [3.05, 3.63) is 144 Å². The summed E-state index contributed by atoms with van der Waals surface area (Å²) in [6.07, 6.45) is 4.35. The molecule has 0 saturated heterocycles. The summed E-state index contributed by atoms with van der Waals surface area (Å²) in [6, 6.07) is 23.9. The second kappa shape index (κ2) is 14.2. The average molecular weight is 782 g/mol. The number of nitrogens with zero attached hydrogens (tertiary/aromatic N) is 7. The second-order valence-corrected chi connectivity index (χ2v) is 14.2. The van der Waals surface area contributed by atoms with Crippen LogP contribution in [-0.2, 0) is 13.2 Å². The number of hydrogen-bond donors (Lipinski definition) is 4. The SMILES string of the molecule is Cn1cc(-c2ccc(NC(=O)NCC3c4c(cccc4C(F)(F)F)C4=CN(c5ccc6c(c5)C(CNC(=O)Nc5ccc(C#N)cc5)n5cncc5-6)CN43)cc2)cn1. The number of carbonyl (C=O) groups excluding carboxylic acids is 2. The maximum atomic E-state index is 14.5. The number of benzene rings is 4. The van der Waals surface area contributed by atoms with Crippen molar-refractivity contribution in [3.63, 3.8) is 0 Å². The largest absolute Gasteiger partial charge is 0.416 e. The van der Waals surface area contributed by atoms with E-state index in [4.69, 9.17) is 5.26 Å². The Morgan fingerprint density at radius 1 is 0.862 bits per heavy atom. The zero-order valence-electron chi connectivity index (χ0n) is 30.8. The van der Waals surface area contributed by atoms with Gasteiger partial charge in [0.15, 0.2) is 0 Å². The van der Waals surface area contributed by atoms with E-state index in [2.05, 4.69) is 37.4 Å². The fraction of sp³-hybridized carbons (Fsp3) is 0.167. The van der Waals surface area contributed by atoms with Gasteiger partial charge in [-0.15, -0.1) is 0 Å². The Labute approximate surface area is 330 Å². The molecule has 0 spiro atoms. The van der Waals surface area contributed by atoms with E-state index in [0.29, 0.717) is 28.2 Å². The predicted octanol–water partition coefficient (Wildman–Crippen LogP) is 7.52. The van der Waals surface area contributed by atoms with Crippen LogP contribution in [0.2, 0.25) is 0 Å².